The Kier molecular flexibility index (Phi) is 4.30. The fourth-order valence-corrected chi connectivity index (χ4v) is 3.04. The number of hydrogen-bond acceptors (Lipinski definition) is 1. The van der Waals surface area contributed by atoms with E-state index in [1.54, 1.807) is 0 Å². The van der Waals surface area contributed by atoms with Crippen molar-refractivity contribution in [2.45, 2.75) is 11.8 Å². The molecule has 2 rings (SSSR count). The lowest BCUT2D eigenvalue weighted by molar-refractivity contribution is 0.770. The van der Waals surface area contributed by atoms with Crippen LogP contribution in [-0.2, 0) is 0 Å². The molecule has 0 spiro atoms. The van der Waals surface area contributed by atoms with E-state index in [9.17, 15) is 0 Å². The van der Waals surface area contributed by atoms with Gasteiger partial charge in [-0.2, -0.15) is 0 Å². The largest absolute Gasteiger partial charge is 0.126 e. The number of hydrogen-bond donors (Lipinski definition) is 0. The molecular weight excluding hydrogens is 280 g/mol. The molecule has 2 aromatic carbocycles. The van der Waals surface area contributed by atoms with Gasteiger partial charge in [0.15, 0.2) is 0 Å². The Morgan fingerprint density at radius 2 is 1.88 bits per heavy atom. The first-order chi connectivity index (χ1) is 7.79. The van der Waals surface area contributed by atoms with Crippen LogP contribution in [0, 0.1) is 5.92 Å². The van der Waals surface area contributed by atoms with E-state index in [-0.39, 0.29) is 0 Å². The summed E-state index contributed by atoms with van der Waals surface area (Å²) < 4.78 is 0. The molecule has 0 amide bonds. The molecule has 16 heavy (non-hydrogen) atoms. The van der Waals surface area contributed by atoms with Gasteiger partial charge in [0.1, 0.15) is 0 Å². The third-order valence-electron chi connectivity index (χ3n) is 2.52. The summed E-state index contributed by atoms with van der Waals surface area (Å²) in [5.41, 5.74) is 0. The molecule has 0 nitrogen and oxygen atoms in total. The van der Waals surface area contributed by atoms with Crippen molar-refractivity contribution >= 4 is 38.5 Å². The summed E-state index contributed by atoms with van der Waals surface area (Å²) in [6, 6.07) is 15.2. The van der Waals surface area contributed by atoms with Gasteiger partial charge in [-0.3, -0.25) is 0 Å². The van der Waals surface area contributed by atoms with Crippen molar-refractivity contribution in [1.29, 1.82) is 0 Å². The fraction of sp³-hybridized carbons (Fsp3) is 0.286. The third kappa shape index (κ3) is 3.02. The zero-order valence-electron chi connectivity index (χ0n) is 9.32. The minimum atomic E-state index is 0.719. The molecule has 84 valence electrons. The van der Waals surface area contributed by atoms with Gasteiger partial charge in [-0.1, -0.05) is 53.2 Å². The lowest BCUT2D eigenvalue weighted by Gasteiger charge is -2.07. The van der Waals surface area contributed by atoms with E-state index in [2.05, 4.69) is 65.3 Å². The van der Waals surface area contributed by atoms with Gasteiger partial charge in [0, 0.05) is 16.0 Å². The summed E-state index contributed by atoms with van der Waals surface area (Å²) in [7, 11) is 0. The van der Waals surface area contributed by atoms with Crippen LogP contribution in [0.15, 0.2) is 47.4 Å². The summed E-state index contributed by atoms with van der Waals surface area (Å²) >= 11 is 5.45. The van der Waals surface area contributed by atoms with Crippen LogP contribution in [-0.4, -0.2) is 11.1 Å². The number of thioether (sulfide) groups is 1. The fourth-order valence-electron chi connectivity index (χ4n) is 1.54. The van der Waals surface area contributed by atoms with Crippen molar-refractivity contribution in [3.05, 3.63) is 42.5 Å². The number of fused-ring (bicyclic) bond motifs is 1. The first-order valence-corrected chi connectivity index (χ1v) is 7.58. The molecule has 0 fully saturated rings. The van der Waals surface area contributed by atoms with E-state index < -0.39 is 0 Å². The maximum Gasteiger partial charge on any atom is 0.00784 e. The van der Waals surface area contributed by atoms with Gasteiger partial charge in [-0.25, -0.2) is 0 Å². The molecule has 0 aliphatic carbocycles. The van der Waals surface area contributed by atoms with Gasteiger partial charge < -0.3 is 0 Å². The predicted octanol–water partition coefficient (Wildman–Crippen LogP) is 4.96. The van der Waals surface area contributed by atoms with Gasteiger partial charge in [0.2, 0.25) is 0 Å². The van der Waals surface area contributed by atoms with Gasteiger partial charge in [-0.15, -0.1) is 11.8 Å². The average Bonchev–Trinajstić information content (AvgIpc) is 2.35. The summed E-state index contributed by atoms with van der Waals surface area (Å²) in [4.78, 5) is 1.37. The molecule has 0 aliphatic rings. The molecule has 2 heteroatoms. The summed E-state index contributed by atoms with van der Waals surface area (Å²) in [5.74, 6) is 1.89. The Balaban J connectivity index is 2.13. The van der Waals surface area contributed by atoms with Gasteiger partial charge >= 0.3 is 0 Å². The van der Waals surface area contributed by atoms with E-state index in [0.29, 0.717) is 0 Å². The highest BCUT2D eigenvalue weighted by Crippen LogP contribution is 2.25. The molecule has 0 bridgehead atoms. The normalized spacial score (nSPS) is 12.9. The van der Waals surface area contributed by atoms with Crippen LogP contribution >= 0.6 is 27.7 Å². The predicted molar refractivity (Wildman–Crippen MR) is 77.6 cm³/mol. The molecule has 0 heterocycles. The van der Waals surface area contributed by atoms with Crippen LogP contribution < -0.4 is 0 Å². The maximum absolute atomic E-state index is 3.51. The molecule has 0 N–H and O–H groups in total. The minimum Gasteiger partial charge on any atom is -0.126 e. The maximum atomic E-state index is 3.51. The first kappa shape index (κ1) is 12.0. The van der Waals surface area contributed by atoms with E-state index in [1.165, 1.54) is 21.4 Å². The zero-order valence-corrected chi connectivity index (χ0v) is 11.7. The van der Waals surface area contributed by atoms with Crippen LogP contribution in [0.5, 0.6) is 0 Å². The van der Waals surface area contributed by atoms with Crippen molar-refractivity contribution in [3.8, 4) is 0 Å². The Morgan fingerprint density at radius 3 is 2.62 bits per heavy atom. The van der Waals surface area contributed by atoms with E-state index >= 15 is 0 Å². The third-order valence-corrected chi connectivity index (χ3v) is 4.95. The second-order valence-corrected chi connectivity index (χ2v) is 5.82. The number of benzene rings is 2. The Bertz CT molecular complexity index is 467. The summed E-state index contributed by atoms with van der Waals surface area (Å²) in [6.07, 6.45) is 0. The second kappa shape index (κ2) is 5.74. The molecule has 1 unspecified atom stereocenters. The lowest BCUT2D eigenvalue weighted by atomic mass is 10.1. The first-order valence-electron chi connectivity index (χ1n) is 5.47. The van der Waals surface area contributed by atoms with Crippen LogP contribution in [0.3, 0.4) is 0 Å². The molecule has 0 saturated carbocycles. The molecular formula is C14H15BrS. The van der Waals surface area contributed by atoms with Crippen molar-refractivity contribution in [2.24, 2.45) is 5.92 Å². The smallest absolute Gasteiger partial charge is 0.00784 e. The van der Waals surface area contributed by atoms with Crippen molar-refractivity contribution in [1.82, 2.24) is 0 Å². The Labute approximate surface area is 110 Å². The van der Waals surface area contributed by atoms with Crippen molar-refractivity contribution in [2.75, 3.05) is 11.1 Å². The van der Waals surface area contributed by atoms with Crippen LogP contribution in [0.4, 0.5) is 0 Å². The SMILES string of the molecule is CC(CBr)CSc1ccc2ccccc2c1. The highest BCUT2D eigenvalue weighted by atomic mass is 79.9. The highest BCUT2D eigenvalue weighted by Gasteiger charge is 2.01. The Hall–Kier alpha value is -0.470. The number of rotatable bonds is 4. The second-order valence-electron chi connectivity index (χ2n) is 4.08. The standard InChI is InChI=1S/C14H15BrS/c1-11(9-15)10-16-14-7-6-12-4-2-3-5-13(12)8-14/h2-8,11H,9-10H2,1H3. The van der Waals surface area contributed by atoms with Crippen molar-refractivity contribution < 1.29 is 0 Å². The highest BCUT2D eigenvalue weighted by molar-refractivity contribution is 9.09. The molecule has 0 radical (unpaired) electrons. The Morgan fingerprint density at radius 1 is 1.12 bits per heavy atom. The van der Waals surface area contributed by atoms with E-state index in [1.807, 2.05) is 11.8 Å². The van der Waals surface area contributed by atoms with Gasteiger partial charge in [0.25, 0.3) is 0 Å². The van der Waals surface area contributed by atoms with E-state index in [4.69, 9.17) is 0 Å². The van der Waals surface area contributed by atoms with Crippen molar-refractivity contribution in [3.63, 3.8) is 0 Å². The van der Waals surface area contributed by atoms with Gasteiger partial charge in [0.05, 0.1) is 0 Å². The molecule has 0 aliphatic heterocycles. The molecule has 0 saturated heterocycles. The van der Waals surface area contributed by atoms with E-state index in [0.717, 1.165) is 11.2 Å². The summed E-state index contributed by atoms with van der Waals surface area (Å²) in [6.45, 7) is 2.27. The van der Waals surface area contributed by atoms with Crippen LogP contribution in [0.25, 0.3) is 10.8 Å². The monoisotopic (exact) mass is 294 g/mol. The number of halogens is 1. The molecule has 1 atom stereocenters. The average molecular weight is 295 g/mol. The quantitative estimate of drug-likeness (QED) is 0.567. The summed E-state index contributed by atoms with van der Waals surface area (Å²) in [5, 5.41) is 3.73. The van der Waals surface area contributed by atoms with Crippen LogP contribution in [0.1, 0.15) is 6.92 Å². The minimum absolute atomic E-state index is 0.719. The van der Waals surface area contributed by atoms with Crippen LogP contribution in [0.2, 0.25) is 0 Å². The number of alkyl halides is 1. The van der Waals surface area contributed by atoms with Gasteiger partial charge in [-0.05, 0) is 28.8 Å². The lowest BCUT2D eigenvalue weighted by Crippen LogP contribution is -1.98. The molecule has 0 aromatic heterocycles. The zero-order chi connectivity index (χ0) is 11.4. The topological polar surface area (TPSA) is 0 Å². The molecule has 2 aromatic rings.